The highest BCUT2D eigenvalue weighted by Crippen LogP contribution is 2.27. The molecular weight excluding hydrogens is 264 g/mol. The summed E-state index contributed by atoms with van der Waals surface area (Å²) in [6.07, 6.45) is -0.0614. The Hall–Kier alpha value is -1.27. The van der Waals surface area contributed by atoms with E-state index in [1.165, 1.54) is 16.4 Å². The molecule has 0 aliphatic heterocycles. The Morgan fingerprint density at radius 3 is 2.32 bits per heavy atom. The first-order chi connectivity index (χ1) is 8.82. The van der Waals surface area contributed by atoms with E-state index in [0.29, 0.717) is 24.5 Å². The summed E-state index contributed by atoms with van der Waals surface area (Å²) in [6.45, 7) is 8.22. The van der Waals surface area contributed by atoms with Crippen LogP contribution in [0, 0.1) is 0 Å². The third-order valence-electron chi connectivity index (χ3n) is 2.69. The maximum Gasteiger partial charge on any atom is 0.243 e. The summed E-state index contributed by atoms with van der Waals surface area (Å²) < 4.78 is 31.7. The lowest BCUT2D eigenvalue weighted by Crippen LogP contribution is -2.30. The second-order valence-electron chi connectivity index (χ2n) is 4.46. The fourth-order valence-electron chi connectivity index (χ4n) is 1.74. The third-order valence-corrected chi connectivity index (χ3v) is 4.74. The van der Waals surface area contributed by atoms with Gasteiger partial charge in [0.25, 0.3) is 0 Å². The van der Waals surface area contributed by atoms with Crippen molar-refractivity contribution in [2.24, 2.45) is 0 Å². The summed E-state index contributed by atoms with van der Waals surface area (Å²) in [5, 5.41) is 0. The zero-order chi connectivity index (χ0) is 14.6. The second kappa shape index (κ2) is 6.25. The van der Waals surface area contributed by atoms with Crippen LogP contribution in [0.1, 0.15) is 27.7 Å². The standard InChI is InChI=1S/C13H22N2O3S/c1-5-15(6-2)19(16,17)11-7-8-12(14)13(9-11)18-10(3)4/h7-10H,5-6,14H2,1-4H3. The number of nitrogen functional groups attached to an aromatic ring is 1. The number of sulfonamides is 1. The van der Waals surface area contributed by atoms with Crippen LogP contribution in [0.5, 0.6) is 5.75 Å². The number of rotatable bonds is 6. The minimum atomic E-state index is -3.48. The first kappa shape index (κ1) is 15.8. The van der Waals surface area contributed by atoms with Gasteiger partial charge in [-0.25, -0.2) is 8.42 Å². The van der Waals surface area contributed by atoms with E-state index in [1.54, 1.807) is 6.07 Å². The van der Waals surface area contributed by atoms with Gasteiger partial charge in [0.05, 0.1) is 16.7 Å². The molecule has 0 bridgehead atoms. The lowest BCUT2D eigenvalue weighted by atomic mass is 10.3. The van der Waals surface area contributed by atoms with Crippen molar-refractivity contribution < 1.29 is 13.2 Å². The van der Waals surface area contributed by atoms with E-state index >= 15 is 0 Å². The Kier molecular flexibility index (Phi) is 5.20. The first-order valence-corrected chi connectivity index (χ1v) is 7.83. The molecule has 1 aromatic rings. The monoisotopic (exact) mass is 286 g/mol. The molecule has 1 aromatic carbocycles. The number of anilines is 1. The van der Waals surface area contributed by atoms with Crippen molar-refractivity contribution in [3.05, 3.63) is 18.2 Å². The van der Waals surface area contributed by atoms with Gasteiger partial charge in [0.2, 0.25) is 10.0 Å². The molecule has 0 aliphatic carbocycles. The van der Waals surface area contributed by atoms with Gasteiger partial charge in [0.15, 0.2) is 0 Å². The molecule has 0 radical (unpaired) electrons. The minimum Gasteiger partial charge on any atom is -0.489 e. The number of ether oxygens (including phenoxy) is 1. The van der Waals surface area contributed by atoms with Crippen LogP contribution < -0.4 is 10.5 Å². The molecule has 0 aromatic heterocycles. The van der Waals surface area contributed by atoms with Crippen LogP contribution in [0.15, 0.2) is 23.1 Å². The van der Waals surface area contributed by atoms with Crippen LogP contribution in [0.2, 0.25) is 0 Å². The van der Waals surface area contributed by atoms with Gasteiger partial charge in [-0.2, -0.15) is 4.31 Å². The lowest BCUT2D eigenvalue weighted by molar-refractivity contribution is 0.243. The van der Waals surface area contributed by atoms with Crippen LogP contribution in [0.4, 0.5) is 5.69 Å². The zero-order valence-electron chi connectivity index (χ0n) is 11.9. The van der Waals surface area contributed by atoms with E-state index in [0.717, 1.165) is 0 Å². The molecular formula is C13H22N2O3S. The molecule has 5 nitrogen and oxygen atoms in total. The fraction of sp³-hybridized carbons (Fsp3) is 0.538. The maximum atomic E-state index is 12.4. The van der Waals surface area contributed by atoms with Crippen molar-refractivity contribution in [3.8, 4) is 5.75 Å². The largest absolute Gasteiger partial charge is 0.489 e. The van der Waals surface area contributed by atoms with Gasteiger partial charge in [0.1, 0.15) is 5.75 Å². The van der Waals surface area contributed by atoms with Crippen LogP contribution in [-0.2, 0) is 10.0 Å². The average Bonchev–Trinajstić information content (AvgIpc) is 2.32. The van der Waals surface area contributed by atoms with E-state index in [-0.39, 0.29) is 11.0 Å². The molecule has 0 atom stereocenters. The topological polar surface area (TPSA) is 72.6 Å². The van der Waals surface area contributed by atoms with E-state index < -0.39 is 10.0 Å². The van der Waals surface area contributed by atoms with Gasteiger partial charge in [-0.1, -0.05) is 13.8 Å². The number of hydrogen-bond acceptors (Lipinski definition) is 4. The lowest BCUT2D eigenvalue weighted by Gasteiger charge is -2.19. The van der Waals surface area contributed by atoms with E-state index in [4.69, 9.17) is 10.5 Å². The van der Waals surface area contributed by atoms with Crippen molar-refractivity contribution >= 4 is 15.7 Å². The summed E-state index contributed by atoms with van der Waals surface area (Å²) in [6, 6.07) is 4.56. The summed E-state index contributed by atoms with van der Waals surface area (Å²) >= 11 is 0. The molecule has 0 saturated carbocycles. The molecule has 2 N–H and O–H groups in total. The Bertz CT molecular complexity index is 523. The third kappa shape index (κ3) is 3.61. The fourth-order valence-corrected chi connectivity index (χ4v) is 3.22. The van der Waals surface area contributed by atoms with Crippen LogP contribution in [0.3, 0.4) is 0 Å². The Labute approximate surface area is 115 Å². The van der Waals surface area contributed by atoms with E-state index in [1.807, 2.05) is 27.7 Å². The molecule has 0 saturated heterocycles. The van der Waals surface area contributed by atoms with Gasteiger partial charge < -0.3 is 10.5 Å². The van der Waals surface area contributed by atoms with Gasteiger partial charge in [-0.05, 0) is 26.0 Å². The minimum absolute atomic E-state index is 0.0614. The van der Waals surface area contributed by atoms with Crippen molar-refractivity contribution in [2.75, 3.05) is 18.8 Å². The molecule has 0 amide bonds. The van der Waals surface area contributed by atoms with Crippen LogP contribution in [0.25, 0.3) is 0 Å². The van der Waals surface area contributed by atoms with Crippen LogP contribution >= 0.6 is 0 Å². The normalized spacial score (nSPS) is 12.1. The Morgan fingerprint density at radius 2 is 1.84 bits per heavy atom. The molecule has 0 heterocycles. The summed E-state index contributed by atoms with van der Waals surface area (Å²) in [5.74, 6) is 0.406. The summed E-state index contributed by atoms with van der Waals surface area (Å²) in [7, 11) is -3.48. The SMILES string of the molecule is CCN(CC)S(=O)(=O)c1ccc(N)c(OC(C)C)c1. The number of benzene rings is 1. The maximum absolute atomic E-state index is 12.4. The highest BCUT2D eigenvalue weighted by Gasteiger charge is 2.22. The molecule has 0 fully saturated rings. The smallest absolute Gasteiger partial charge is 0.243 e. The van der Waals surface area contributed by atoms with Gasteiger partial charge in [-0.3, -0.25) is 0 Å². The van der Waals surface area contributed by atoms with Crippen molar-refractivity contribution in [1.29, 1.82) is 0 Å². The number of nitrogens with zero attached hydrogens (tertiary/aromatic N) is 1. The highest BCUT2D eigenvalue weighted by molar-refractivity contribution is 7.89. The van der Waals surface area contributed by atoms with Gasteiger partial charge >= 0.3 is 0 Å². The van der Waals surface area contributed by atoms with Gasteiger partial charge in [0, 0.05) is 19.2 Å². The van der Waals surface area contributed by atoms with Crippen molar-refractivity contribution in [3.63, 3.8) is 0 Å². The molecule has 0 aliphatic rings. The highest BCUT2D eigenvalue weighted by atomic mass is 32.2. The van der Waals surface area contributed by atoms with Crippen LogP contribution in [-0.4, -0.2) is 31.9 Å². The number of hydrogen-bond donors (Lipinski definition) is 1. The Balaban J connectivity index is 3.21. The predicted octanol–water partition coefficient (Wildman–Crippen LogP) is 2.09. The summed E-state index contributed by atoms with van der Waals surface area (Å²) in [4.78, 5) is 0.209. The molecule has 0 unspecified atom stereocenters. The van der Waals surface area contributed by atoms with E-state index in [9.17, 15) is 8.42 Å². The molecule has 6 heteroatoms. The number of nitrogens with two attached hydrogens (primary N) is 1. The summed E-state index contributed by atoms with van der Waals surface area (Å²) in [5.41, 5.74) is 6.23. The van der Waals surface area contributed by atoms with E-state index in [2.05, 4.69) is 0 Å². The first-order valence-electron chi connectivity index (χ1n) is 6.39. The molecule has 19 heavy (non-hydrogen) atoms. The molecule has 0 spiro atoms. The van der Waals surface area contributed by atoms with Gasteiger partial charge in [-0.15, -0.1) is 0 Å². The average molecular weight is 286 g/mol. The zero-order valence-corrected chi connectivity index (χ0v) is 12.7. The van der Waals surface area contributed by atoms with Crippen molar-refractivity contribution in [1.82, 2.24) is 4.31 Å². The molecule has 1 rings (SSSR count). The predicted molar refractivity (Wildman–Crippen MR) is 76.7 cm³/mol. The molecule has 108 valence electrons. The van der Waals surface area contributed by atoms with Crippen molar-refractivity contribution in [2.45, 2.75) is 38.7 Å². The Morgan fingerprint density at radius 1 is 1.26 bits per heavy atom. The second-order valence-corrected chi connectivity index (χ2v) is 6.39. The quantitative estimate of drug-likeness (QED) is 0.813.